The average Bonchev–Trinajstić information content (AvgIpc) is 2.36. The van der Waals surface area contributed by atoms with Crippen molar-refractivity contribution in [1.82, 2.24) is 10.3 Å². The SMILES string of the molecule is CC1CCCC(O)(CNC(=O)c2cccc(=O)[nH]2)C1. The van der Waals surface area contributed by atoms with Gasteiger partial charge in [-0.05, 0) is 24.8 Å². The second-order valence-electron chi connectivity index (χ2n) is 5.54. The van der Waals surface area contributed by atoms with Crippen LogP contribution in [0.25, 0.3) is 0 Å². The molecule has 3 N–H and O–H groups in total. The van der Waals surface area contributed by atoms with Crippen LogP contribution in [0.3, 0.4) is 0 Å². The molecule has 0 radical (unpaired) electrons. The van der Waals surface area contributed by atoms with Gasteiger partial charge in [-0.25, -0.2) is 0 Å². The number of H-pyrrole nitrogens is 1. The Balaban J connectivity index is 1.95. The molecular formula is C14H20N2O3. The maximum atomic E-state index is 11.9. The number of aromatic amines is 1. The molecule has 0 saturated heterocycles. The summed E-state index contributed by atoms with van der Waals surface area (Å²) < 4.78 is 0. The number of aromatic nitrogens is 1. The van der Waals surface area contributed by atoms with Crippen LogP contribution in [-0.2, 0) is 0 Å². The van der Waals surface area contributed by atoms with Crippen molar-refractivity contribution in [1.29, 1.82) is 0 Å². The van der Waals surface area contributed by atoms with E-state index in [1.807, 2.05) is 0 Å². The third kappa shape index (κ3) is 3.67. The molecule has 1 aliphatic carbocycles. The summed E-state index contributed by atoms with van der Waals surface area (Å²) in [4.78, 5) is 25.5. The van der Waals surface area contributed by atoms with Crippen molar-refractivity contribution < 1.29 is 9.90 Å². The Hall–Kier alpha value is -1.62. The lowest BCUT2D eigenvalue weighted by Crippen LogP contribution is -2.46. The van der Waals surface area contributed by atoms with Gasteiger partial charge in [-0.2, -0.15) is 0 Å². The summed E-state index contributed by atoms with van der Waals surface area (Å²) in [6.45, 7) is 2.34. The van der Waals surface area contributed by atoms with E-state index in [9.17, 15) is 14.7 Å². The summed E-state index contributed by atoms with van der Waals surface area (Å²) in [6.07, 6.45) is 3.53. The summed E-state index contributed by atoms with van der Waals surface area (Å²) >= 11 is 0. The Morgan fingerprint density at radius 2 is 2.37 bits per heavy atom. The largest absolute Gasteiger partial charge is 0.388 e. The smallest absolute Gasteiger partial charge is 0.267 e. The fourth-order valence-corrected chi connectivity index (χ4v) is 2.71. The number of rotatable bonds is 3. The molecule has 1 heterocycles. The van der Waals surface area contributed by atoms with Crippen LogP contribution in [0.15, 0.2) is 23.0 Å². The number of carbonyl (C=O) groups excluding carboxylic acids is 1. The number of pyridine rings is 1. The molecule has 1 saturated carbocycles. The van der Waals surface area contributed by atoms with Gasteiger partial charge in [0.2, 0.25) is 5.56 Å². The molecule has 5 nitrogen and oxygen atoms in total. The molecule has 5 heteroatoms. The minimum absolute atomic E-state index is 0.222. The second kappa shape index (κ2) is 5.57. The molecule has 19 heavy (non-hydrogen) atoms. The number of nitrogens with one attached hydrogen (secondary N) is 2. The minimum atomic E-state index is -0.817. The van der Waals surface area contributed by atoms with Crippen molar-refractivity contribution in [2.45, 2.75) is 38.2 Å². The monoisotopic (exact) mass is 264 g/mol. The number of hydrogen-bond donors (Lipinski definition) is 3. The molecule has 2 atom stereocenters. The van der Waals surface area contributed by atoms with Crippen molar-refractivity contribution >= 4 is 5.91 Å². The van der Waals surface area contributed by atoms with Crippen LogP contribution in [0.5, 0.6) is 0 Å². The van der Waals surface area contributed by atoms with E-state index < -0.39 is 5.60 Å². The Morgan fingerprint density at radius 1 is 1.58 bits per heavy atom. The van der Waals surface area contributed by atoms with Gasteiger partial charge in [-0.3, -0.25) is 9.59 Å². The van der Waals surface area contributed by atoms with Gasteiger partial charge in [0.25, 0.3) is 5.91 Å². The zero-order valence-electron chi connectivity index (χ0n) is 11.1. The second-order valence-corrected chi connectivity index (χ2v) is 5.54. The zero-order valence-corrected chi connectivity index (χ0v) is 11.1. The Labute approximate surface area is 112 Å². The van der Waals surface area contributed by atoms with Crippen molar-refractivity contribution in [2.75, 3.05) is 6.54 Å². The van der Waals surface area contributed by atoms with Crippen LogP contribution in [0.4, 0.5) is 0 Å². The topological polar surface area (TPSA) is 82.2 Å². The van der Waals surface area contributed by atoms with Gasteiger partial charge < -0.3 is 15.4 Å². The van der Waals surface area contributed by atoms with Gasteiger partial charge in [-0.15, -0.1) is 0 Å². The number of aliphatic hydroxyl groups is 1. The summed E-state index contributed by atoms with van der Waals surface area (Å²) in [6, 6.07) is 4.43. The molecular weight excluding hydrogens is 244 g/mol. The normalized spacial score (nSPS) is 26.9. The van der Waals surface area contributed by atoms with Crippen molar-refractivity contribution in [2.24, 2.45) is 5.92 Å². The van der Waals surface area contributed by atoms with E-state index in [0.29, 0.717) is 18.8 Å². The van der Waals surface area contributed by atoms with Gasteiger partial charge in [0.15, 0.2) is 0 Å². The first-order valence-electron chi connectivity index (χ1n) is 6.68. The first kappa shape index (κ1) is 13.8. The lowest BCUT2D eigenvalue weighted by atomic mass is 9.79. The van der Waals surface area contributed by atoms with Gasteiger partial charge in [0.1, 0.15) is 5.69 Å². The van der Waals surface area contributed by atoms with Crippen LogP contribution in [0.1, 0.15) is 43.1 Å². The molecule has 104 valence electrons. The highest BCUT2D eigenvalue weighted by atomic mass is 16.3. The predicted molar refractivity (Wildman–Crippen MR) is 72.0 cm³/mol. The average molecular weight is 264 g/mol. The fraction of sp³-hybridized carbons (Fsp3) is 0.571. The Kier molecular flexibility index (Phi) is 4.04. The lowest BCUT2D eigenvalue weighted by molar-refractivity contribution is -0.0109. The lowest BCUT2D eigenvalue weighted by Gasteiger charge is -2.35. The maximum Gasteiger partial charge on any atom is 0.267 e. The van der Waals surface area contributed by atoms with Gasteiger partial charge in [0.05, 0.1) is 5.60 Å². The molecule has 1 amide bonds. The highest BCUT2D eigenvalue weighted by molar-refractivity contribution is 5.92. The van der Waals surface area contributed by atoms with E-state index in [1.165, 1.54) is 12.1 Å². The van der Waals surface area contributed by atoms with E-state index in [-0.39, 0.29) is 23.7 Å². The van der Waals surface area contributed by atoms with Crippen LogP contribution in [-0.4, -0.2) is 28.1 Å². The van der Waals surface area contributed by atoms with E-state index in [0.717, 1.165) is 12.8 Å². The molecule has 0 spiro atoms. The van der Waals surface area contributed by atoms with Gasteiger partial charge in [0, 0.05) is 12.6 Å². The molecule has 1 aromatic heterocycles. The summed E-state index contributed by atoms with van der Waals surface area (Å²) in [7, 11) is 0. The van der Waals surface area contributed by atoms with Crippen LogP contribution in [0.2, 0.25) is 0 Å². The number of hydrogen-bond acceptors (Lipinski definition) is 3. The molecule has 1 aliphatic rings. The maximum absolute atomic E-state index is 11.9. The highest BCUT2D eigenvalue weighted by Crippen LogP contribution is 2.31. The first-order valence-corrected chi connectivity index (χ1v) is 6.68. The van der Waals surface area contributed by atoms with E-state index >= 15 is 0 Å². The quantitative estimate of drug-likeness (QED) is 0.763. The van der Waals surface area contributed by atoms with Gasteiger partial charge in [-0.1, -0.05) is 25.8 Å². The van der Waals surface area contributed by atoms with E-state index in [4.69, 9.17) is 0 Å². The molecule has 1 aromatic rings. The third-order valence-electron chi connectivity index (χ3n) is 3.66. The van der Waals surface area contributed by atoms with Crippen LogP contribution >= 0.6 is 0 Å². The number of carbonyl (C=O) groups is 1. The van der Waals surface area contributed by atoms with E-state index in [1.54, 1.807) is 6.07 Å². The van der Waals surface area contributed by atoms with Crippen LogP contribution < -0.4 is 10.9 Å². The highest BCUT2D eigenvalue weighted by Gasteiger charge is 2.32. The van der Waals surface area contributed by atoms with Crippen molar-refractivity contribution in [3.8, 4) is 0 Å². The first-order chi connectivity index (χ1) is 8.98. The Morgan fingerprint density at radius 3 is 3.05 bits per heavy atom. The molecule has 0 aliphatic heterocycles. The zero-order chi connectivity index (χ0) is 13.9. The molecule has 1 fully saturated rings. The molecule has 0 bridgehead atoms. The molecule has 0 aromatic carbocycles. The summed E-state index contributed by atoms with van der Waals surface area (Å²) in [5, 5.41) is 13.1. The number of amides is 1. The van der Waals surface area contributed by atoms with Gasteiger partial charge >= 0.3 is 0 Å². The standard InChI is InChI=1S/C14H20N2O3/c1-10-4-3-7-14(19,8-10)9-15-13(18)11-5-2-6-12(17)16-11/h2,5-6,10,19H,3-4,7-9H2,1H3,(H,15,18)(H,16,17). The summed E-state index contributed by atoms with van der Waals surface area (Å²) in [5.41, 5.74) is -0.903. The minimum Gasteiger partial charge on any atom is -0.388 e. The van der Waals surface area contributed by atoms with Crippen molar-refractivity contribution in [3.63, 3.8) is 0 Å². The van der Waals surface area contributed by atoms with Crippen molar-refractivity contribution in [3.05, 3.63) is 34.2 Å². The fourth-order valence-electron chi connectivity index (χ4n) is 2.71. The summed E-state index contributed by atoms with van der Waals surface area (Å²) in [5.74, 6) is 0.122. The molecule has 2 rings (SSSR count). The third-order valence-corrected chi connectivity index (χ3v) is 3.66. The predicted octanol–water partition coefficient (Wildman–Crippen LogP) is 1.05. The van der Waals surface area contributed by atoms with E-state index in [2.05, 4.69) is 17.2 Å². The Bertz CT molecular complexity index is 511. The molecule has 2 unspecified atom stereocenters. The van der Waals surface area contributed by atoms with Crippen LogP contribution in [0, 0.1) is 5.92 Å².